The molecule has 6 aromatic rings. The minimum Gasteiger partial charge on any atom is -0.870 e. The molecule has 320 valence electrons. The number of aromatic amines is 1. The second-order valence-corrected chi connectivity index (χ2v) is 17.8. The number of aryl methyl sites for hydroxylation is 2. The van der Waals surface area contributed by atoms with Crippen LogP contribution in [0, 0.1) is 13.8 Å². The van der Waals surface area contributed by atoms with Crippen LogP contribution in [0.1, 0.15) is 43.0 Å². The number of carboxylic acids is 1. The zero-order valence-corrected chi connectivity index (χ0v) is 38.8. The van der Waals surface area contributed by atoms with Crippen molar-refractivity contribution in [1.82, 2.24) is 19.6 Å². The van der Waals surface area contributed by atoms with Crippen molar-refractivity contribution < 1.29 is 80.9 Å². The Bertz CT molecular complexity index is 2670. The molecule has 0 aliphatic heterocycles. The second-order valence-electron chi connectivity index (χ2n) is 13.4. The Morgan fingerprint density at radius 2 is 1.23 bits per heavy atom. The van der Waals surface area contributed by atoms with E-state index in [0.717, 1.165) is 31.6 Å². The van der Waals surface area contributed by atoms with Crippen molar-refractivity contribution in [3.8, 4) is 0 Å². The molecule has 0 saturated carbocycles. The van der Waals surface area contributed by atoms with Crippen molar-refractivity contribution in [2.75, 3.05) is 6.61 Å². The zero-order chi connectivity index (χ0) is 43.5. The number of carbonyl (C=O) groups is 4. The summed E-state index contributed by atoms with van der Waals surface area (Å²) >= 11 is 0. The van der Waals surface area contributed by atoms with Crippen molar-refractivity contribution in [3.63, 3.8) is 0 Å². The molecule has 6 rings (SSSR count). The molecule has 0 bridgehead atoms. The number of H-pyrrole nitrogens is 1. The van der Waals surface area contributed by atoms with Gasteiger partial charge in [-0.15, -0.1) is 0 Å². The first-order chi connectivity index (χ1) is 27.8. The van der Waals surface area contributed by atoms with Crippen molar-refractivity contribution in [2.45, 2.75) is 69.3 Å². The largest absolute Gasteiger partial charge is 1.00 e. The second kappa shape index (κ2) is 23.3. The van der Waals surface area contributed by atoms with Crippen LogP contribution < -0.4 is 40.2 Å². The number of rotatable bonds is 12. The van der Waals surface area contributed by atoms with Crippen LogP contribution in [0.4, 0.5) is 0 Å². The number of benzene rings is 4. The molecule has 0 saturated heterocycles. The first-order valence-electron chi connectivity index (χ1n) is 18.2. The van der Waals surface area contributed by atoms with E-state index in [1.807, 2.05) is 44.3 Å². The van der Waals surface area contributed by atoms with E-state index in [0.29, 0.717) is 29.5 Å². The van der Waals surface area contributed by atoms with E-state index < -0.39 is 49.0 Å². The topological polar surface area (TPSA) is 241 Å². The number of hydrogen-bond donors (Lipinski definition) is 4. The van der Waals surface area contributed by atoms with Crippen LogP contribution in [0.3, 0.4) is 0 Å². The molecule has 0 spiro atoms. The molecule has 0 aliphatic carbocycles. The summed E-state index contributed by atoms with van der Waals surface area (Å²) in [4.78, 5) is 49.4. The molecule has 2 aromatic heterocycles. The molecule has 15 nitrogen and oxygen atoms in total. The summed E-state index contributed by atoms with van der Waals surface area (Å²) in [5, 5.41) is 16.1. The first-order valence-corrected chi connectivity index (χ1v) is 22.0. The monoisotopic (exact) mass is 904 g/mol. The molecule has 2 atom stereocenters. The molecule has 5 N–H and O–H groups in total. The fraction of sp³-hybridized carbons (Fsp3) is 0.238. The van der Waals surface area contributed by atoms with E-state index in [2.05, 4.69) is 15.6 Å². The van der Waals surface area contributed by atoms with Gasteiger partial charge in [0, 0.05) is 66.1 Å². The molecule has 19 heteroatoms. The van der Waals surface area contributed by atoms with Gasteiger partial charge in [-0.25, -0.2) is 30.4 Å². The first kappa shape index (κ1) is 52.1. The van der Waals surface area contributed by atoms with Gasteiger partial charge in [0.25, 0.3) is 19.1 Å². The number of hydrogen-bond acceptors (Lipinski definition) is 10. The predicted octanol–water partition coefficient (Wildman–Crippen LogP) is 2.85. The van der Waals surface area contributed by atoms with Crippen molar-refractivity contribution in [2.24, 2.45) is 0 Å². The number of ether oxygens (including phenoxy) is 1. The fourth-order valence-corrected chi connectivity index (χ4v) is 8.13. The zero-order valence-electron chi connectivity index (χ0n) is 34.4. The summed E-state index contributed by atoms with van der Waals surface area (Å²) in [6, 6.07) is 25.8. The van der Waals surface area contributed by atoms with E-state index >= 15 is 0 Å². The summed E-state index contributed by atoms with van der Waals surface area (Å²) < 4.78 is 53.9. The van der Waals surface area contributed by atoms with E-state index in [4.69, 9.17) is 15.4 Å². The maximum Gasteiger partial charge on any atom is 1.00 e. The standard InChI is InChI=1S/C20H20N2O5S.C15H18N2O3.C7H7ClO2S.Na.H2O/c1-13-7-9-16(10-8-13)28(26,27)22-12-15(17-5-3-4-6-19(17)22)11-18(20(24)25)21-14(2)23;1-3-20-15(19)14(17-10(2)18)8-11-9-16-13-7-5-4-6-12(11)13;1-6-2-4-7(5-3-6)11(8,9)10;;/h3-10,12,18H,11H2,1-2H3,(H,21,23)(H,24,25);4-7,9,14,16H,3,8H2,1-2H3,(H,17,18);2-5H,1H3;;1H2/q;;;+1;/p-1. The smallest absolute Gasteiger partial charge is 0.870 e. The molecule has 2 amide bonds. The fourth-order valence-electron chi connectivity index (χ4n) is 5.97. The quantitative estimate of drug-likeness (QED) is 0.0791. The van der Waals surface area contributed by atoms with Crippen LogP contribution in [0.2, 0.25) is 0 Å². The predicted molar refractivity (Wildman–Crippen MR) is 227 cm³/mol. The molecular weight excluding hydrogens is 859 g/mol. The van der Waals surface area contributed by atoms with Crippen LogP contribution in [0.5, 0.6) is 0 Å². The van der Waals surface area contributed by atoms with Crippen LogP contribution >= 0.6 is 10.7 Å². The van der Waals surface area contributed by atoms with Gasteiger partial charge in [0.1, 0.15) is 12.1 Å². The summed E-state index contributed by atoms with van der Waals surface area (Å²) in [6.45, 7) is 8.41. The maximum absolute atomic E-state index is 13.1. The Labute approximate surface area is 380 Å². The average molecular weight is 905 g/mol. The molecule has 2 unspecified atom stereocenters. The maximum atomic E-state index is 13.1. The normalized spacial score (nSPS) is 11.8. The van der Waals surface area contributed by atoms with Gasteiger partial charge in [0.05, 0.1) is 21.9 Å². The summed E-state index contributed by atoms with van der Waals surface area (Å²) in [6.07, 6.45) is 3.66. The summed E-state index contributed by atoms with van der Waals surface area (Å²) in [5.41, 5.74) is 4.91. The third kappa shape index (κ3) is 14.6. The number of nitrogens with zero attached hydrogens (tertiary/aromatic N) is 1. The van der Waals surface area contributed by atoms with Gasteiger partial charge in [0.2, 0.25) is 11.8 Å². The van der Waals surface area contributed by atoms with Crippen molar-refractivity contribution in [3.05, 3.63) is 132 Å². The van der Waals surface area contributed by atoms with Crippen LogP contribution in [-0.4, -0.2) is 78.8 Å². The Kier molecular flexibility index (Phi) is 19.9. The van der Waals surface area contributed by atoms with Crippen LogP contribution in [0.25, 0.3) is 21.8 Å². The summed E-state index contributed by atoms with van der Waals surface area (Å²) in [7, 11) is -2.32. The Morgan fingerprint density at radius 3 is 1.75 bits per heavy atom. The SMILES string of the molecule is CC(=O)NC(Cc1cn(S(=O)(=O)c2ccc(C)cc2)c2ccccc12)C(=O)O.CCOC(=O)C(Cc1c[nH]c2ccccc12)NC(C)=O.Cc1ccc(S(=O)(=O)Cl)cc1.[Na+].[OH-]. The molecule has 2 heterocycles. The van der Waals surface area contributed by atoms with E-state index in [1.54, 1.807) is 55.5 Å². The number of carbonyl (C=O) groups excluding carboxylic acids is 3. The molecule has 4 aromatic carbocycles. The van der Waals surface area contributed by atoms with Gasteiger partial charge in [-0.1, -0.05) is 71.8 Å². The molecule has 0 radical (unpaired) electrons. The third-order valence-electron chi connectivity index (χ3n) is 8.79. The number of carboxylic acid groups (broad SMARTS) is 1. The van der Waals surface area contributed by atoms with Gasteiger partial charge in [-0.3, -0.25) is 9.59 Å². The average Bonchev–Trinajstić information content (AvgIpc) is 3.76. The van der Waals surface area contributed by atoms with Crippen molar-refractivity contribution >= 4 is 75.3 Å². The number of nitrogens with one attached hydrogen (secondary N) is 3. The van der Waals surface area contributed by atoms with E-state index in [-0.39, 0.29) is 57.2 Å². The van der Waals surface area contributed by atoms with Crippen LogP contribution in [-0.2, 0) is 55.8 Å². The Balaban J connectivity index is 0.000000339. The number of para-hydroxylation sites is 2. The van der Waals surface area contributed by atoms with Crippen LogP contribution in [0.15, 0.2) is 119 Å². The number of aromatic nitrogens is 2. The summed E-state index contributed by atoms with van der Waals surface area (Å²) in [5.74, 6) is -2.31. The van der Waals surface area contributed by atoms with Crippen molar-refractivity contribution in [1.29, 1.82) is 0 Å². The number of fused-ring (bicyclic) bond motifs is 2. The van der Waals surface area contributed by atoms with Gasteiger partial charge < -0.3 is 30.9 Å². The Morgan fingerprint density at radius 1 is 0.738 bits per heavy atom. The molecule has 0 fully saturated rings. The van der Waals surface area contributed by atoms with Gasteiger partial charge >= 0.3 is 41.5 Å². The number of halogens is 1. The minimum absolute atomic E-state index is 0. The van der Waals surface area contributed by atoms with E-state index in [1.165, 1.54) is 44.3 Å². The molecular formula is C42H46ClN4NaO11S2. The Hall–Kier alpha value is -5.01. The van der Waals surface area contributed by atoms with Gasteiger partial charge in [-0.2, -0.15) is 0 Å². The van der Waals surface area contributed by atoms with Gasteiger partial charge in [0.15, 0.2) is 0 Å². The number of aliphatic carboxylic acids is 1. The molecule has 61 heavy (non-hydrogen) atoms. The van der Waals surface area contributed by atoms with Gasteiger partial charge in [-0.05, 0) is 68.3 Å². The molecule has 0 aliphatic rings. The van der Waals surface area contributed by atoms with E-state index in [9.17, 15) is 41.1 Å². The minimum atomic E-state index is -3.86. The number of esters is 1. The number of amides is 2. The third-order valence-corrected chi connectivity index (χ3v) is 11.8.